The molecule has 2 saturated carbocycles. The van der Waals surface area contributed by atoms with E-state index >= 15 is 0 Å². The van der Waals surface area contributed by atoms with Crippen molar-refractivity contribution in [1.29, 1.82) is 0 Å². The Morgan fingerprint density at radius 1 is 1.17 bits per heavy atom. The highest BCUT2D eigenvalue weighted by molar-refractivity contribution is 5.84. The van der Waals surface area contributed by atoms with Gasteiger partial charge in [0, 0.05) is 38.8 Å². The third kappa shape index (κ3) is 2.52. The van der Waals surface area contributed by atoms with Crippen molar-refractivity contribution in [3.63, 3.8) is 0 Å². The van der Waals surface area contributed by atoms with Gasteiger partial charge in [-0.1, -0.05) is 6.42 Å². The van der Waals surface area contributed by atoms with Gasteiger partial charge in [0.1, 0.15) is 12.3 Å². The van der Waals surface area contributed by atoms with Crippen LogP contribution in [0.25, 0.3) is 0 Å². The number of amides is 2. The van der Waals surface area contributed by atoms with E-state index in [4.69, 9.17) is 4.74 Å². The minimum atomic E-state index is -2.62. The average molecular weight is 342 g/mol. The Hall–Kier alpha value is -1.24. The second-order valence-electron chi connectivity index (χ2n) is 7.93. The molecule has 2 aliphatic carbocycles. The molecule has 0 aromatic heterocycles. The number of hydrogen-bond acceptors (Lipinski definition) is 3. The zero-order valence-electron chi connectivity index (χ0n) is 13.8. The fourth-order valence-electron chi connectivity index (χ4n) is 5.21. The molecule has 4 fully saturated rings. The van der Waals surface area contributed by atoms with Crippen LogP contribution in [0.5, 0.6) is 0 Å². The highest BCUT2D eigenvalue weighted by atomic mass is 19.3. The van der Waals surface area contributed by atoms with Crippen molar-refractivity contribution in [3.05, 3.63) is 0 Å². The van der Waals surface area contributed by atoms with Crippen molar-refractivity contribution in [2.45, 2.75) is 63.0 Å². The molecule has 0 aromatic rings. The third-order valence-electron chi connectivity index (χ3n) is 6.57. The number of likely N-dealkylation sites (tertiary alicyclic amines) is 1. The Labute approximate surface area is 140 Å². The van der Waals surface area contributed by atoms with Crippen molar-refractivity contribution in [2.24, 2.45) is 11.3 Å². The second kappa shape index (κ2) is 5.38. The summed E-state index contributed by atoms with van der Waals surface area (Å²) in [6, 6.07) is 0. The smallest absolute Gasteiger partial charge is 0.248 e. The number of nitrogens with zero attached hydrogens (tertiary/aromatic N) is 1. The molecular weight excluding hydrogens is 318 g/mol. The zero-order valence-corrected chi connectivity index (χ0v) is 13.8. The van der Waals surface area contributed by atoms with Crippen LogP contribution in [0.15, 0.2) is 0 Å². The van der Waals surface area contributed by atoms with E-state index < -0.39 is 17.1 Å². The van der Waals surface area contributed by atoms with Crippen LogP contribution in [-0.4, -0.2) is 48.1 Å². The molecule has 4 aliphatic rings. The summed E-state index contributed by atoms with van der Waals surface area (Å²) in [4.78, 5) is 26.4. The number of ether oxygens (including phenoxy) is 1. The number of alkyl halides is 2. The maximum atomic E-state index is 13.8. The molecule has 0 aromatic carbocycles. The molecule has 0 bridgehead atoms. The lowest BCUT2D eigenvalue weighted by Gasteiger charge is -2.46. The van der Waals surface area contributed by atoms with E-state index in [9.17, 15) is 18.4 Å². The Morgan fingerprint density at radius 2 is 1.92 bits per heavy atom. The van der Waals surface area contributed by atoms with Gasteiger partial charge in [-0.2, -0.15) is 0 Å². The molecule has 2 amide bonds. The molecule has 0 radical (unpaired) electrons. The van der Waals surface area contributed by atoms with Crippen LogP contribution in [0.1, 0.15) is 51.4 Å². The van der Waals surface area contributed by atoms with E-state index in [1.54, 1.807) is 0 Å². The molecule has 1 spiro atoms. The first-order valence-corrected chi connectivity index (χ1v) is 8.97. The Morgan fingerprint density at radius 3 is 2.58 bits per heavy atom. The molecule has 2 aliphatic heterocycles. The standard InChI is InChI=1S/C17H24F2N2O3/c18-16(19)5-4-15(3-1-2-12(15)10-16)14(23)21-8-6-17(7-9-21)20-13(22)11-24-17/h12H,1-11H2,(H,20,22). The fraction of sp³-hybridized carbons (Fsp3) is 0.882. The first-order valence-electron chi connectivity index (χ1n) is 8.97. The van der Waals surface area contributed by atoms with Crippen LogP contribution in [0, 0.1) is 11.3 Å². The molecule has 2 saturated heterocycles. The fourth-order valence-corrected chi connectivity index (χ4v) is 5.21. The normalized spacial score (nSPS) is 37.3. The lowest BCUT2D eigenvalue weighted by atomic mass is 9.66. The number of nitrogens with one attached hydrogen (secondary N) is 1. The van der Waals surface area contributed by atoms with Gasteiger partial charge in [0.25, 0.3) is 0 Å². The largest absolute Gasteiger partial charge is 0.346 e. The van der Waals surface area contributed by atoms with E-state index in [0.717, 1.165) is 19.3 Å². The molecule has 2 heterocycles. The van der Waals surface area contributed by atoms with E-state index in [1.165, 1.54) is 0 Å². The summed E-state index contributed by atoms with van der Waals surface area (Å²) < 4.78 is 33.1. The van der Waals surface area contributed by atoms with Crippen LogP contribution in [0.2, 0.25) is 0 Å². The van der Waals surface area contributed by atoms with Gasteiger partial charge < -0.3 is 15.0 Å². The first kappa shape index (κ1) is 16.2. The molecule has 134 valence electrons. The number of hydrogen-bond donors (Lipinski definition) is 1. The molecule has 4 rings (SSSR count). The van der Waals surface area contributed by atoms with Crippen LogP contribution < -0.4 is 5.32 Å². The summed E-state index contributed by atoms with van der Waals surface area (Å²) in [7, 11) is 0. The zero-order chi connectivity index (χ0) is 17.0. The van der Waals surface area contributed by atoms with E-state index in [2.05, 4.69) is 5.32 Å². The summed E-state index contributed by atoms with van der Waals surface area (Å²) in [5, 5.41) is 2.87. The Balaban J connectivity index is 1.45. The van der Waals surface area contributed by atoms with Crippen molar-refractivity contribution in [2.75, 3.05) is 19.7 Å². The van der Waals surface area contributed by atoms with E-state index in [0.29, 0.717) is 32.4 Å². The summed E-state index contributed by atoms with van der Waals surface area (Å²) in [5.74, 6) is -2.86. The molecule has 2 atom stereocenters. The predicted octanol–water partition coefficient (Wildman–Crippen LogP) is 2.06. The van der Waals surface area contributed by atoms with Gasteiger partial charge in [-0.15, -0.1) is 0 Å². The average Bonchev–Trinajstić information content (AvgIpc) is 3.11. The molecular formula is C17H24F2N2O3. The molecule has 7 heteroatoms. The van der Waals surface area contributed by atoms with Crippen molar-refractivity contribution < 1.29 is 23.1 Å². The molecule has 5 nitrogen and oxygen atoms in total. The van der Waals surface area contributed by atoms with Crippen molar-refractivity contribution in [1.82, 2.24) is 10.2 Å². The van der Waals surface area contributed by atoms with Crippen LogP contribution in [-0.2, 0) is 14.3 Å². The van der Waals surface area contributed by atoms with Gasteiger partial charge in [-0.05, 0) is 25.2 Å². The topological polar surface area (TPSA) is 58.6 Å². The van der Waals surface area contributed by atoms with Gasteiger partial charge in [0.05, 0.1) is 5.41 Å². The summed E-state index contributed by atoms with van der Waals surface area (Å²) in [5.41, 5.74) is -1.20. The molecule has 2 unspecified atom stereocenters. The summed E-state index contributed by atoms with van der Waals surface area (Å²) in [6.07, 6.45) is 3.46. The van der Waals surface area contributed by atoms with Gasteiger partial charge in [-0.3, -0.25) is 9.59 Å². The minimum Gasteiger partial charge on any atom is -0.346 e. The molecule has 1 N–H and O–H groups in total. The first-order chi connectivity index (χ1) is 11.3. The highest BCUT2D eigenvalue weighted by Gasteiger charge is 2.57. The Bertz CT molecular complexity index is 560. The van der Waals surface area contributed by atoms with Gasteiger partial charge in [-0.25, -0.2) is 8.78 Å². The SMILES string of the molecule is O=C1COC2(CCN(C(=O)C34CCCC3CC(F)(F)CC4)CC2)N1. The van der Waals surface area contributed by atoms with Crippen LogP contribution >= 0.6 is 0 Å². The van der Waals surface area contributed by atoms with Crippen LogP contribution in [0.4, 0.5) is 8.78 Å². The van der Waals surface area contributed by atoms with E-state index in [-0.39, 0.29) is 37.2 Å². The lowest BCUT2D eigenvalue weighted by Crippen LogP contribution is -2.57. The summed E-state index contributed by atoms with van der Waals surface area (Å²) in [6.45, 7) is 1.11. The monoisotopic (exact) mass is 342 g/mol. The third-order valence-corrected chi connectivity index (χ3v) is 6.57. The maximum Gasteiger partial charge on any atom is 0.248 e. The van der Waals surface area contributed by atoms with Gasteiger partial charge in [0.2, 0.25) is 17.7 Å². The van der Waals surface area contributed by atoms with Crippen molar-refractivity contribution >= 4 is 11.8 Å². The quantitative estimate of drug-likeness (QED) is 0.793. The lowest BCUT2D eigenvalue weighted by molar-refractivity contribution is -0.160. The number of rotatable bonds is 1. The van der Waals surface area contributed by atoms with Gasteiger partial charge in [0.15, 0.2) is 0 Å². The van der Waals surface area contributed by atoms with E-state index in [1.807, 2.05) is 4.90 Å². The van der Waals surface area contributed by atoms with Crippen molar-refractivity contribution in [3.8, 4) is 0 Å². The summed E-state index contributed by atoms with van der Waals surface area (Å²) >= 11 is 0. The number of carbonyl (C=O) groups excluding carboxylic acids is 2. The highest BCUT2D eigenvalue weighted by Crippen LogP contribution is 2.57. The number of carbonyl (C=O) groups is 2. The number of halogens is 2. The van der Waals surface area contributed by atoms with Gasteiger partial charge >= 0.3 is 0 Å². The second-order valence-corrected chi connectivity index (χ2v) is 7.93. The minimum absolute atomic E-state index is 0.0553. The number of fused-ring (bicyclic) bond motifs is 1. The molecule has 24 heavy (non-hydrogen) atoms. The number of piperidine rings is 1. The maximum absolute atomic E-state index is 13.8. The van der Waals surface area contributed by atoms with Crippen LogP contribution in [0.3, 0.4) is 0 Å². The predicted molar refractivity (Wildman–Crippen MR) is 81.2 cm³/mol. The Kier molecular flexibility index (Phi) is 3.64.